The van der Waals surface area contributed by atoms with E-state index >= 15 is 0 Å². The first kappa shape index (κ1) is 12.9. The molecule has 0 aromatic heterocycles. The Kier molecular flexibility index (Phi) is 5.58. The highest BCUT2D eigenvalue weighted by Crippen LogP contribution is 2.38. The molecule has 0 amide bonds. The van der Waals surface area contributed by atoms with Crippen molar-refractivity contribution in [1.82, 2.24) is 4.90 Å². The highest BCUT2D eigenvalue weighted by atomic mass is 16.5. The molecule has 1 N–H and O–H groups in total. The lowest BCUT2D eigenvalue weighted by Crippen LogP contribution is -2.50. The van der Waals surface area contributed by atoms with Crippen molar-refractivity contribution < 1.29 is 9.84 Å². The summed E-state index contributed by atoms with van der Waals surface area (Å²) < 4.78 is 5.27. The van der Waals surface area contributed by atoms with Crippen molar-refractivity contribution in [3.8, 4) is 0 Å². The van der Waals surface area contributed by atoms with Gasteiger partial charge in [-0.05, 0) is 32.4 Å². The average Bonchev–Trinajstić information content (AvgIpc) is 2.28. The summed E-state index contributed by atoms with van der Waals surface area (Å²) in [7, 11) is 0. The van der Waals surface area contributed by atoms with Crippen molar-refractivity contribution in [3.05, 3.63) is 0 Å². The van der Waals surface area contributed by atoms with Gasteiger partial charge in [0.1, 0.15) is 0 Å². The van der Waals surface area contributed by atoms with E-state index in [-0.39, 0.29) is 0 Å². The first-order chi connectivity index (χ1) is 7.35. The van der Waals surface area contributed by atoms with Crippen molar-refractivity contribution in [1.29, 1.82) is 0 Å². The van der Waals surface area contributed by atoms with Crippen LogP contribution >= 0.6 is 0 Å². The van der Waals surface area contributed by atoms with E-state index in [2.05, 4.69) is 4.90 Å². The van der Waals surface area contributed by atoms with Crippen molar-refractivity contribution >= 4 is 0 Å². The van der Waals surface area contributed by atoms with Crippen LogP contribution in [-0.4, -0.2) is 49.5 Å². The van der Waals surface area contributed by atoms with E-state index in [0.29, 0.717) is 12.0 Å². The van der Waals surface area contributed by atoms with Gasteiger partial charge in [0.2, 0.25) is 0 Å². The zero-order valence-electron chi connectivity index (χ0n) is 10.2. The molecular formula is C12H25NO2. The molecule has 3 heteroatoms. The third kappa shape index (κ3) is 3.44. The fraction of sp³-hybridized carbons (Fsp3) is 1.00. The van der Waals surface area contributed by atoms with Crippen molar-refractivity contribution in [3.63, 3.8) is 0 Å². The van der Waals surface area contributed by atoms with Crippen molar-refractivity contribution in [2.45, 2.75) is 33.1 Å². The zero-order valence-corrected chi connectivity index (χ0v) is 10.2. The topological polar surface area (TPSA) is 32.7 Å². The lowest BCUT2D eigenvalue weighted by Gasteiger charge is -2.47. The van der Waals surface area contributed by atoms with Crippen LogP contribution in [0.2, 0.25) is 0 Å². The van der Waals surface area contributed by atoms with Crippen LogP contribution in [0.4, 0.5) is 0 Å². The summed E-state index contributed by atoms with van der Waals surface area (Å²) in [4.78, 5) is 2.46. The van der Waals surface area contributed by atoms with Gasteiger partial charge in [-0.25, -0.2) is 0 Å². The third-order valence-electron chi connectivity index (χ3n) is 3.37. The number of aliphatic hydroxyl groups is 1. The number of hydrogen-bond donors (Lipinski definition) is 1. The Balaban J connectivity index is 0.000000531. The van der Waals surface area contributed by atoms with E-state index in [9.17, 15) is 0 Å². The number of hydrogen-bond acceptors (Lipinski definition) is 3. The first-order valence-electron chi connectivity index (χ1n) is 6.26. The van der Waals surface area contributed by atoms with Crippen LogP contribution in [0.15, 0.2) is 0 Å². The maximum atomic E-state index is 8.71. The second-order valence-electron chi connectivity index (χ2n) is 4.41. The van der Waals surface area contributed by atoms with E-state index in [1.807, 2.05) is 13.8 Å². The summed E-state index contributed by atoms with van der Waals surface area (Å²) in [6.07, 6.45) is 3.50. The van der Waals surface area contributed by atoms with Crippen LogP contribution in [0, 0.1) is 5.41 Å². The highest BCUT2D eigenvalue weighted by molar-refractivity contribution is 4.90. The number of aliphatic hydroxyl groups excluding tert-OH is 1. The minimum absolute atomic E-state index is 0.324. The summed E-state index contributed by atoms with van der Waals surface area (Å²) in [6, 6.07) is 0. The van der Waals surface area contributed by atoms with Crippen LogP contribution in [-0.2, 0) is 4.74 Å². The molecule has 0 bridgehead atoms. The van der Waals surface area contributed by atoms with Crippen LogP contribution < -0.4 is 0 Å². The molecule has 2 fully saturated rings. The molecule has 0 aliphatic carbocycles. The fourth-order valence-electron chi connectivity index (χ4n) is 2.22. The number of likely N-dealkylation sites (tertiary alicyclic amines) is 1. The number of piperidine rings is 1. The molecule has 2 saturated heterocycles. The fourth-order valence-corrected chi connectivity index (χ4v) is 2.22. The zero-order chi connectivity index (χ0) is 11.1. The lowest BCUT2D eigenvalue weighted by atomic mass is 9.77. The second-order valence-corrected chi connectivity index (χ2v) is 4.41. The molecule has 2 rings (SSSR count). The largest absolute Gasteiger partial charge is 0.396 e. The van der Waals surface area contributed by atoms with Gasteiger partial charge < -0.3 is 14.7 Å². The average molecular weight is 215 g/mol. The van der Waals surface area contributed by atoms with Gasteiger partial charge in [0.05, 0.1) is 13.2 Å². The van der Waals surface area contributed by atoms with E-state index in [0.717, 1.165) is 26.2 Å². The molecule has 2 heterocycles. The SMILES string of the molecule is CC.OCCCN1CCC2(CC1)COC2. The molecule has 15 heavy (non-hydrogen) atoms. The molecule has 3 nitrogen and oxygen atoms in total. The van der Waals surface area contributed by atoms with Crippen LogP contribution in [0.1, 0.15) is 33.1 Å². The number of ether oxygens (including phenoxy) is 1. The molecule has 0 saturated carbocycles. The van der Waals surface area contributed by atoms with E-state index < -0.39 is 0 Å². The van der Waals surface area contributed by atoms with Gasteiger partial charge in [-0.15, -0.1) is 0 Å². The Morgan fingerprint density at radius 1 is 1.20 bits per heavy atom. The van der Waals surface area contributed by atoms with E-state index in [4.69, 9.17) is 9.84 Å². The van der Waals surface area contributed by atoms with E-state index in [1.165, 1.54) is 25.9 Å². The monoisotopic (exact) mass is 215 g/mol. The predicted octanol–water partition coefficient (Wildman–Crippen LogP) is 1.51. The molecular weight excluding hydrogens is 190 g/mol. The van der Waals surface area contributed by atoms with Crippen LogP contribution in [0.25, 0.3) is 0 Å². The maximum Gasteiger partial charge on any atom is 0.0545 e. The molecule has 1 spiro atoms. The van der Waals surface area contributed by atoms with Gasteiger partial charge in [-0.2, -0.15) is 0 Å². The normalized spacial score (nSPS) is 24.2. The van der Waals surface area contributed by atoms with Crippen molar-refractivity contribution in [2.24, 2.45) is 5.41 Å². The van der Waals surface area contributed by atoms with Gasteiger partial charge in [0.15, 0.2) is 0 Å². The molecule has 90 valence electrons. The summed E-state index contributed by atoms with van der Waals surface area (Å²) in [5, 5.41) is 8.71. The van der Waals surface area contributed by atoms with Gasteiger partial charge in [-0.1, -0.05) is 13.8 Å². The van der Waals surface area contributed by atoms with Crippen molar-refractivity contribution in [2.75, 3.05) is 39.5 Å². The van der Waals surface area contributed by atoms with Gasteiger partial charge in [0.25, 0.3) is 0 Å². The molecule has 0 unspecified atom stereocenters. The maximum absolute atomic E-state index is 8.71. The molecule has 0 radical (unpaired) electrons. The molecule has 0 atom stereocenters. The predicted molar refractivity (Wildman–Crippen MR) is 62.0 cm³/mol. The summed E-state index contributed by atoms with van der Waals surface area (Å²) in [5.74, 6) is 0. The Bertz CT molecular complexity index is 159. The Morgan fingerprint density at radius 3 is 2.20 bits per heavy atom. The summed E-state index contributed by atoms with van der Waals surface area (Å²) in [5.41, 5.74) is 0.551. The smallest absolute Gasteiger partial charge is 0.0545 e. The molecule has 0 aromatic carbocycles. The van der Waals surface area contributed by atoms with Gasteiger partial charge in [-0.3, -0.25) is 0 Å². The Hall–Kier alpha value is -0.120. The first-order valence-corrected chi connectivity index (χ1v) is 6.26. The minimum Gasteiger partial charge on any atom is -0.396 e. The number of rotatable bonds is 3. The standard InChI is InChI=1S/C10H19NO2.C2H6/c12-7-1-4-11-5-2-10(3-6-11)8-13-9-10;1-2/h12H,1-9H2;1-2H3. The summed E-state index contributed by atoms with van der Waals surface area (Å²) >= 11 is 0. The molecule has 0 aromatic rings. The highest BCUT2D eigenvalue weighted by Gasteiger charge is 2.40. The number of nitrogens with zero attached hydrogens (tertiary/aromatic N) is 1. The van der Waals surface area contributed by atoms with Gasteiger partial charge >= 0.3 is 0 Å². The lowest BCUT2D eigenvalue weighted by molar-refractivity contribution is -0.139. The Morgan fingerprint density at radius 2 is 1.80 bits per heavy atom. The van der Waals surface area contributed by atoms with Crippen LogP contribution in [0.3, 0.4) is 0 Å². The summed E-state index contributed by atoms with van der Waals surface area (Å²) in [6.45, 7) is 9.76. The van der Waals surface area contributed by atoms with E-state index in [1.54, 1.807) is 0 Å². The quantitative estimate of drug-likeness (QED) is 0.774. The third-order valence-corrected chi connectivity index (χ3v) is 3.37. The van der Waals surface area contributed by atoms with Gasteiger partial charge in [0, 0.05) is 18.6 Å². The molecule has 2 aliphatic heterocycles. The van der Waals surface area contributed by atoms with Crippen LogP contribution in [0.5, 0.6) is 0 Å². The molecule has 2 aliphatic rings. The minimum atomic E-state index is 0.324. The second kappa shape index (κ2) is 6.46. The Labute approximate surface area is 93.4 Å².